The molecule has 0 unspecified atom stereocenters. The molecule has 0 saturated heterocycles. The van der Waals surface area contributed by atoms with E-state index in [0.29, 0.717) is 0 Å². The number of unbranched alkanes of at least 4 members (excludes halogenated alkanes) is 1. The summed E-state index contributed by atoms with van der Waals surface area (Å²) >= 11 is 0. The first kappa shape index (κ1) is 13.6. The average Bonchev–Trinajstić information content (AvgIpc) is 2.45. The monoisotopic (exact) mass is 255 g/mol. The highest BCUT2D eigenvalue weighted by molar-refractivity contribution is 5.68. The highest BCUT2D eigenvalue weighted by Crippen LogP contribution is 2.29. The van der Waals surface area contributed by atoms with Crippen molar-refractivity contribution in [3.63, 3.8) is 0 Å². The molecular weight excluding hydrogens is 234 g/mol. The molecule has 0 saturated carbocycles. The van der Waals surface area contributed by atoms with E-state index in [1.165, 1.54) is 29.5 Å². The molecule has 0 aliphatic heterocycles. The van der Waals surface area contributed by atoms with Gasteiger partial charge in [-0.1, -0.05) is 25.5 Å². The molecule has 2 nitrogen and oxygen atoms in total. The van der Waals surface area contributed by atoms with E-state index >= 15 is 0 Å². The van der Waals surface area contributed by atoms with Gasteiger partial charge in [0.1, 0.15) is 5.75 Å². The Labute approximate surface area is 115 Å². The summed E-state index contributed by atoms with van der Waals surface area (Å²) < 4.78 is 5.35. The normalized spacial score (nSPS) is 10.5. The molecule has 0 aliphatic rings. The predicted molar refractivity (Wildman–Crippen MR) is 79.6 cm³/mol. The quantitative estimate of drug-likeness (QED) is 0.789. The Balaban J connectivity index is 2.49. The molecule has 1 aromatic carbocycles. The summed E-state index contributed by atoms with van der Waals surface area (Å²) in [6.07, 6.45) is 5.34. The summed E-state index contributed by atoms with van der Waals surface area (Å²) in [5.41, 5.74) is 4.82. The standard InChI is InChI=1S/C17H21NO/c1-4-5-8-14-9-10-15(19-3)12-16(14)17-13(2)7-6-11-18-17/h6-7,9-12H,4-5,8H2,1-3H3. The van der Waals surface area contributed by atoms with Gasteiger partial charge in [-0.3, -0.25) is 4.98 Å². The summed E-state index contributed by atoms with van der Waals surface area (Å²) in [7, 11) is 1.70. The number of pyridine rings is 1. The smallest absolute Gasteiger partial charge is 0.119 e. The van der Waals surface area contributed by atoms with Gasteiger partial charge >= 0.3 is 0 Å². The van der Waals surface area contributed by atoms with E-state index in [1.54, 1.807) is 7.11 Å². The molecule has 1 heterocycles. The van der Waals surface area contributed by atoms with Gasteiger partial charge < -0.3 is 4.74 Å². The van der Waals surface area contributed by atoms with Gasteiger partial charge in [-0.15, -0.1) is 0 Å². The van der Waals surface area contributed by atoms with Crippen LogP contribution in [-0.2, 0) is 6.42 Å². The van der Waals surface area contributed by atoms with Gasteiger partial charge in [0.2, 0.25) is 0 Å². The van der Waals surface area contributed by atoms with Crippen LogP contribution in [0.15, 0.2) is 36.5 Å². The van der Waals surface area contributed by atoms with Crippen molar-refractivity contribution in [3.05, 3.63) is 47.7 Å². The van der Waals surface area contributed by atoms with Crippen LogP contribution in [0, 0.1) is 6.92 Å². The maximum atomic E-state index is 5.35. The van der Waals surface area contributed by atoms with Gasteiger partial charge in [-0.25, -0.2) is 0 Å². The van der Waals surface area contributed by atoms with Gasteiger partial charge in [0, 0.05) is 11.8 Å². The van der Waals surface area contributed by atoms with Crippen molar-refractivity contribution in [1.29, 1.82) is 0 Å². The van der Waals surface area contributed by atoms with Crippen LogP contribution in [0.5, 0.6) is 5.75 Å². The number of hydrogen-bond acceptors (Lipinski definition) is 2. The van der Waals surface area contributed by atoms with E-state index < -0.39 is 0 Å². The summed E-state index contributed by atoms with van der Waals surface area (Å²) in [5, 5.41) is 0. The van der Waals surface area contributed by atoms with Crippen LogP contribution in [0.1, 0.15) is 30.9 Å². The molecule has 0 bridgehead atoms. The van der Waals surface area contributed by atoms with Crippen molar-refractivity contribution >= 4 is 0 Å². The van der Waals surface area contributed by atoms with Gasteiger partial charge in [0.25, 0.3) is 0 Å². The van der Waals surface area contributed by atoms with E-state index in [2.05, 4.69) is 37.0 Å². The number of benzene rings is 1. The first-order chi connectivity index (χ1) is 9.26. The third-order valence-corrected chi connectivity index (χ3v) is 3.38. The topological polar surface area (TPSA) is 22.1 Å². The van der Waals surface area contributed by atoms with E-state index in [0.717, 1.165) is 17.9 Å². The van der Waals surface area contributed by atoms with Crippen molar-refractivity contribution < 1.29 is 4.74 Å². The first-order valence-corrected chi connectivity index (χ1v) is 6.85. The Kier molecular flexibility index (Phi) is 4.56. The van der Waals surface area contributed by atoms with Crippen molar-refractivity contribution in [3.8, 4) is 17.0 Å². The molecule has 1 aromatic heterocycles. The third kappa shape index (κ3) is 3.14. The molecule has 0 radical (unpaired) electrons. The average molecular weight is 255 g/mol. The minimum Gasteiger partial charge on any atom is -0.497 e. The summed E-state index contributed by atoms with van der Waals surface area (Å²) in [4.78, 5) is 4.54. The Bertz CT molecular complexity index is 549. The molecule has 0 atom stereocenters. The van der Waals surface area contributed by atoms with E-state index in [9.17, 15) is 0 Å². The molecule has 19 heavy (non-hydrogen) atoms. The Morgan fingerprint density at radius 1 is 1.21 bits per heavy atom. The molecule has 2 rings (SSSR count). The second-order valence-electron chi connectivity index (χ2n) is 4.80. The number of hydrogen-bond donors (Lipinski definition) is 0. The van der Waals surface area contributed by atoms with Gasteiger partial charge in [0.15, 0.2) is 0 Å². The predicted octanol–water partition coefficient (Wildman–Crippen LogP) is 4.41. The lowest BCUT2D eigenvalue weighted by Gasteiger charge is -2.12. The zero-order chi connectivity index (χ0) is 13.7. The van der Waals surface area contributed by atoms with Crippen LogP contribution in [0.3, 0.4) is 0 Å². The first-order valence-electron chi connectivity index (χ1n) is 6.85. The molecular formula is C17H21NO. The fourth-order valence-electron chi connectivity index (χ4n) is 2.26. The highest BCUT2D eigenvalue weighted by atomic mass is 16.5. The lowest BCUT2D eigenvalue weighted by molar-refractivity contribution is 0.415. The zero-order valence-corrected chi connectivity index (χ0v) is 11.9. The largest absolute Gasteiger partial charge is 0.497 e. The van der Waals surface area contributed by atoms with E-state index in [1.807, 2.05) is 18.3 Å². The molecule has 0 N–H and O–H groups in total. The SMILES string of the molecule is CCCCc1ccc(OC)cc1-c1ncccc1C. The zero-order valence-electron chi connectivity index (χ0n) is 11.9. The van der Waals surface area contributed by atoms with Crippen LogP contribution in [-0.4, -0.2) is 12.1 Å². The third-order valence-electron chi connectivity index (χ3n) is 3.38. The number of nitrogens with zero attached hydrogens (tertiary/aromatic N) is 1. The van der Waals surface area contributed by atoms with Crippen LogP contribution >= 0.6 is 0 Å². The molecule has 2 aromatic rings. The number of aromatic nitrogens is 1. The van der Waals surface area contributed by atoms with Crippen LogP contribution in [0.25, 0.3) is 11.3 Å². The lowest BCUT2D eigenvalue weighted by atomic mass is 9.97. The number of methoxy groups -OCH3 is 1. The van der Waals surface area contributed by atoms with Crippen molar-refractivity contribution in [2.45, 2.75) is 33.1 Å². The molecule has 0 fully saturated rings. The van der Waals surface area contributed by atoms with Crippen molar-refractivity contribution in [2.24, 2.45) is 0 Å². The molecule has 0 spiro atoms. The Morgan fingerprint density at radius 2 is 2.05 bits per heavy atom. The second kappa shape index (κ2) is 6.37. The van der Waals surface area contributed by atoms with Crippen LogP contribution in [0.4, 0.5) is 0 Å². The van der Waals surface area contributed by atoms with Gasteiger partial charge in [0.05, 0.1) is 12.8 Å². The van der Waals surface area contributed by atoms with E-state index in [-0.39, 0.29) is 0 Å². The molecule has 0 amide bonds. The lowest BCUT2D eigenvalue weighted by Crippen LogP contribution is -1.96. The summed E-state index contributed by atoms with van der Waals surface area (Å²) in [6, 6.07) is 10.4. The fraction of sp³-hybridized carbons (Fsp3) is 0.353. The fourth-order valence-corrected chi connectivity index (χ4v) is 2.26. The summed E-state index contributed by atoms with van der Waals surface area (Å²) in [5.74, 6) is 0.889. The maximum absolute atomic E-state index is 5.35. The number of ether oxygens (including phenoxy) is 1. The number of rotatable bonds is 5. The Hall–Kier alpha value is -1.83. The molecule has 0 aliphatic carbocycles. The minimum atomic E-state index is 0.889. The highest BCUT2D eigenvalue weighted by Gasteiger charge is 2.10. The van der Waals surface area contributed by atoms with Crippen LogP contribution < -0.4 is 4.74 Å². The summed E-state index contributed by atoms with van der Waals surface area (Å²) in [6.45, 7) is 4.32. The van der Waals surface area contributed by atoms with Crippen molar-refractivity contribution in [2.75, 3.05) is 7.11 Å². The van der Waals surface area contributed by atoms with Gasteiger partial charge in [-0.2, -0.15) is 0 Å². The maximum Gasteiger partial charge on any atom is 0.119 e. The number of aryl methyl sites for hydroxylation is 2. The van der Waals surface area contributed by atoms with Crippen molar-refractivity contribution in [1.82, 2.24) is 4.98 Å². The van der Waals surface area contributed by atoms with E-state index in [4.69, 9.17) is 4.74 Å². The minimum absolute atomic E-state index is 0.889. The molecule has 2 heteroatoms. The Morgan fingerprint density at radius 3 is 2.74 bits per heavy atom. The second-order valence-corrected chi connectivity index (χ2v) is 4.80. The van der Waals surface area contributed by atoms with Crippen LogP contribution in [0.2, 0.25) is 0 Å². The van der Waals surface area contributed by atoms with Gasteiger partial charge in [-0.05, 0) is 49.1 Å². The molecule has 100 valence electrons.